The van der Waals surface area contributed by atoms with Gasteiger partial charge in [0, 0.05) is 55.0 Å². The van der Waals surface area contributed by atoms with Crippen molar-refractivity contribution in [3.63, 3.8) is 0 Å². The monoisotopic (exact) mass is 489 g/mol. The van der Waals surface area contributed by atoms with Gasteiger partial charge in [0.2, 0.25) is 5.95 Å². The third-order valence-electron chi connectivity index (χ3n) is 7.87. The lowest BCUT2D eigenvalue weighted by atomic mass is 9.74. The van der Waals surface area contributed by atoms with E-state index in [4.69, 9.17) is 0 Å². The molecule has 36 heavy (non-hydrogen) atoms. The van der Waals surface area contributed by atoms with Crippen molar-refractivity contribution in [2.75, 3.05) is 36.4 Å². The first-order valence-electron chi connectivity index (χ1n) is 12.7. The maximum atomic E-state index is 15.1. The van der Waals surface area contributed by atoms with Crippen LogP contribution in [-0.2, 0) is 5.54 Å². The predicted octanol–water partition coefficient (Wildman–Crippen LogP) is 4.37. The molecule has 0 amide bonds. The minimum absolute atomic E-state index is 0.0958. The molecule has 1 aromatic carbocycles. The Morgan fingerprint density at radius 2 is 1.94 bits per heavy atom. The van der Waals surface area contributed by atoms with Gasteiger partial charge in [0.15, 0.2) is 0 Å². The lowest BCUT2D eigenvalue weighted by Gasteiger charge is -2.43. The highest BCUT2D eigenvalue weighted by molar-refractivity contribution is 5.78. The molecule has 8 nitrogen and oxygen atoms in total. The van der Waals surface area contributed by atoms with Crippen LogP contribution in [0.3, 0.4) is 0 Å². The van der Waals surface area contributed by atoms with Crippen LogP contribution in [0.1, 0.15) is 52.0 Å². The normalized spacial score (nSPS) is 17.7. The fourth-order valence-electron chi connectivity index (χ4n) is 5.45. The van der Waals surface area contributed by atoms with Crippen molar-refractivity contribution < 1.29 is 4.39 Å². The lowest BCUT2D eigenvalue weighted by Crippen LogP contribution is -2.49. The van der Waals surface area contributed by atoms with E-state index in [0.717, 1.165) is 51.9 Å². The number of anilines is 3. The van der Waals surface area contributed by atoms with Crippen molar-refractivity contribution in [2.24, 2.45) is 0 Å². The molecule has 1 N–H and O–H groups in total. The SMILES string of the molecule is CCC1(n2c(=O)c(C#N)cc3cnc(Nc4ccc(N5CCN(C(C)C)CC5)c(F)c4)nc32)CCC1. The Kier molecular flexibility index (Phi) is 6.39. The van der Waals surface area contributed by atoms with E-state index < -0.39 is 0 Å². The number of nitrogens with one attached hydrogen (secondary N) is 1. The molecule has 2 fully saturated rings. The highest BCUT2D eigenvalue weighted by atomic mass is 19.1. The van der Waals surface area contributed by atoms with Gasteiger partial charge in [-0.1, -0.05) is 6.92 Å². The van der Waals surface area contributed by atoms with Gasteiger partial charge in [0.25, 0.3) is 5.56 Å². The third-order valence-corrected chi connectivity index (χ3v) is 7.87. The first-order chi connectivity index (χ1) is 17.3. The van der Waals surface area contributed by atoms with Gasteiger partial charge in [-0.25, -0.2) is 9.37 Å². The Hall–Kier alpha value is -3.51. The number of halogens is 1. The zero-order chi connectivity index (χ0) is 25.4. The van der Waals surface area contributed by atoms with E-state index in [2.05, 4.69) is 45.9 Å². The van der Waals surface area contributed by atoms with Crippen LogP contribution in [0.15, 0.2) is 35.3 Å². The summed E-state index contributed by atoms with van der Waals surface area (Å²) in [6, 6.07) is 9.14. The van der Waals surface area contributed by atoms with Crippen LogP contribution in [0.5, 0.6) is 0 Å². The van der Waals surface area contributed by atoms with Crippen LogP contribution in [0, 0.1) is 17.1 Å². The second-order valence-electron chi connectivity index (χ2n) is 10.1. The molecule has 0 unspecified atom stereocenters. The molecule has 0 bridgehead atoms. The number of aromatic nitrogens is 3. The molecule has 3 aromatic rings. The topological polar surface area (TPSA) is 90.1 Å². The number of hydrogen-bond donors (Lipinski definition) is 1. The van der Waals surface area contributed by atoms with Gasteiger partial charge in [0.1, 0.15) is 23.1 Å². The van der Waals surface area contributed by atoms with Crippen molar-refractivity contribution in [1.82, 2.24) is 19.4 Å². The molecule has 1 aliphatic heterocycles. The minimum atomic E-state index is -0.332. The summed E-state index contributed by atoms with van der Waals surface area (Å²) in [6.45, 7) is 9.83. The molecule has 2 aliphatic rings. The molecule has 188 valence electrons. The van der Waals surface area contributed by atoms with E-state index in [1.54, 1.807) is 22.9 Å². The van der Waals surface area contributed by atoms with E-state index in [1.807, 2.05) is 12.1 Å². The molecule has 0 radical (unpaired) electrons. The first-order valence-corrected chi connectivity index (χ1v) is 12.7. The van der Waals surface area contributed by atoms with Crippen LogP contribution in [0.25, 0.3) is 11.0 Å². The molecule has 9 heteroatoms. The summed E-state index contributed by atoms with van der Waals surface area (Å²) in [5, 5.41) is 13.2. The zero-order valence-electron chi connectivity index (χ0n) is 21.1. The summed E-state index contributed by atoms with van der Waals surface area (Å²) in [7, 11) is 0. The van der Waals surface area contributed by atoms with Gasteiger partial charge < -0.3 is 10.2 Å². The largest absolute Gasteiger partial charge is 0.367 e. The van der Waals surface area contributed by atoms with E-state index >= 15 is 4.39 Å². The predicted molar refractivity (Wildman–Crippen MR) is 139 cm³/mol. The number of nitriles is 1. The molecule has 1 aliphatic carbocycles. The smallest absolute Gasteiger partial charge is 0.270 e. The Bertz CT molecular complexity index is 1380. The quantitative estimate of drug-likeness (QED) is 0.550. The van der Waals surface area contributed by atoms with Gasteiger partial charge in [0.05, 0.1) is 5.69 Å². The summed E-state index contributed by atoms with van der Waals surface area (Å²) in [4.78, 5) is 26.7. The number of rotatable bonds is 6. The van der Waals surface area contributed by atoms with Crippen LogP contribution >= 0.6 is 0 Å². The number of pyridine rings is 1. The van der Waals surface area contributed by atoms with E-state index in [-0.39, 0.29) is 28.4 Å². The summed E-state index contributed by atoms with van der Waals surface area (Å²) < 4.78 is 16.8. The summed E-state index contributed by atoms with van der Waals surface area (Å²) >= 11 is 0. The lowest BCUT2D eigenvalue weighted by molar-refractivity contribution is 0.136. The van der Waals surface area contributed by atoms with Crippen LogP contribution in [0.4, 0.5) is 21.7 Å². The van der Waals surface area contributed by atoms with Crippen LogP contribution in [-0.4, -0.2) is 51.7 Å². The maximum Gasteiger partial charge on any atom is 0.270 e. The molecule has 2 aromatic heterocycles. The van der Waals surface area contributed by atoms with Crippen LogP contribution < -0.4 is 15.8 Å². The molecule has 1 saturated heterocycles. The van der Waals surface area contributed by atoms with E-state index in [1.165, 1.54) is 6.07 Å². The van der Waals surface area contributed by atoms with Gasteiger partial charge in [-0.05, 0) is 63.8 Å². The van der Waals surface area contributed by atoms with E-state index in [9.17, 15) is 10.1 Å². The molecule has 5 rings (SSSR count). The average molecular weight is 490 g/mol. The Balaban J connectivity index is 1.44. The van der Waals surface area contributed by atoms with Gasteiger partial charge in [-0.15, -0.1) is 0 Å². The van der Waals surface area contributed by atoms with E-state index in [0.29, 0.717) is 28.5 Å². The Labute approximate surface area is 210 Å². The van der Waals surface area contributed by atoms with Crippen molar-refractivity contribution in [1.29, 1.82) is 5.26 Å². The fraction of sp³-hybridized carbons (Fsp3) is 0.481. The number of benzene rings is 1. The number of hydrogen-bond acceptors (Lipinski definition) is 7. The summed E-state index contributed by atoms with van der Waals surface area (Å²) in [5.41, 5.74) is 1.07. The number of nitrogens with zero attached hydrogens (tertiary/aromatic N) is 6. The van der Waals surface area contributed by atoms with Crippen LogP contribution in [0.2, 0.25) is 0 Å². The van der Waals surface area contributed by atoms with Gasteiger partial charge >= 0.3 is 0 Å². The Morgan fingerprint density at radius 1 is 1.19 bits per heavy atom. The molecule has 1 saturated carbocycles. The second kappa shape index (κ2) is 9.51. The molecule has 0 atom stereocenters. The summed E-state index contributed by atoms with van der Waals surface area (Å²) in [6.07, 6.45) is 5.17. The van der Waals surface area contributed by atoms with Gasteiger partial charge in [-0.3, -0.25) is 14.3 Å². The zero-order valence-corrected chi connectivity index (χ0v) is 21.1. The average Bonchev–Trinajstić information content (AvgIpc) is 2.85. The maximum absolute atomic E-state index is 15.1. The standard InChI is InChI=1S/C27H32FN7O/c1-4-27(8-5-9-27)35-24-20(14-19(16-29)25(35)36)17-30-26(32-24)31-21-6-7-23(22(28)15-21)34-12-10-33(11-13-34)18(2)3/h6-7,14-15,17-18H,4-5,8-13H2,1-3H3,(H,30,31,32). The van der Waals surface area contributed by atoms with Crippen molar-refractivity contribution in [3.05, 3.63) is 52.2 Å². The Morgan fingerprint density at radius 3 is 2.53 bits per heavy atom. The highest BCUT2D eigenvalue weighted by Crippen LogP contribution is 2.42. The number of piperazine rings is 1. The van der Waals surface area contributed by atoms with Gasteiger partial charge in [-0.2, -0.15) is 10.2 Å². The molecule has 0 spiro atoms. The second-order valence-corrected chi connectivity index (χ2v) is 10.1. The molecular formula is C27H32FN7O. The molecule has 3 heterocycles. The van der Waals surface area contributed by atoms with Crippen molar-refractivity contribution in [3.8, 4) is 6.07 Å². The highest BCUT2D eigenvalue weighted by Gasteiger charge is 2.39. The summed E-state index contributed by atoms with van der Waals surface area (Å²) in [5.74, 6) is -0.0163. The van der Waals surface area contributed by atoms with Crippen molar-refractivity contribution >= 4 is 28.4 Å². The first kappa shape index (κ1) is 24.2. The minimum Gasteiger partial charge on any atom is -0.367 e. The van der Waals surface area contributed by atoms with Crippen molar-refractivity contribution in [2.45, 2.75) is 58.0 Å². The number of fused-ring (bicyclic) bond motifs is 1. The third kappa shape index (κ3) is 4.20. The molecular weight excluding hydrogens is 457 g/mol. The fourth-order valence-corrected chi connectivity index (χ4v) is 5.45.